The second-order valence-electron chi connectivity index (χ2n) is 7.29. The fraction of sp³-hybridized carbons (Fsp3) is 0.632. The zero-order chi connectivity index (χ0) is 19.4. The van der Waals surface area contributed by atoms with Crippen LogP contribution < -0.4 is 5.32 Å². The summed E-state index contributed by atoms with van der Waals surface area (Å²) in [7, 11) is 5.83. The second-order valence-corrected chi connectivity index (χ2v) is 7.29. The smallest absolute Gasteiger partial charge is 0.193 e. The van der Waals surface area contributed by atoms with E-state index in [1.165, 1.54) is 11.1 Å². The number of nitrogens with one attached hydrogen (secondary N) is 1. The number of hydrogen-bond acceptors (Lipinski definition) is 4. The minimum absolute atomic E-state index is 0.288. The van der Waals surface area contributed by atoms with Gasteiger partial charge in [-0.3, -0.25) is 9.67 Å². The summed E-state index contributed by atoms with van der Waals surface area (Å²) in [4.78, 5) is 6.56. The van der Waals surface area contributed by atoms with Gasteiger partial charge in [0.2, 0.25) is 0 Å². The topological polar surface area (TPSA) is 71.5 Å². The molecule has 1 atom stereocenters. The fourth-order valence-corrected chi connectivity index (χ4v) is 3.42. The number of aromatic nitrogens is 3. The molecule has 0 aliphatic rings. The van der Waals surface area contributed by atoms with Crippen molar-refractivity contribution in [2.45, 2.75) is 53.0 Å². The van der Waals surface area contributed by atoms with Gasteiger partial charge < -0.3 is 14.7 Å². The molecule has 0 amide bonds. The first-order valence-electron chi connectivity index (χ1n) is 9.11. The Kier molecular flexibility index (Phi) is 6.45. The molecule has 0 fully saturated rings. The van der Waals surface area contributed by atoms with Gasteiger partial charge >= 0.3 is 0 Å². The highest BCUT2D eigenvalue weighted by Gasteiger charge is 2.18. The Hall–Kier alpha value is -2.31. The van der Waals surface area contributed by atoms with Gasteiger partial charge in [0.15, 0.2) is 5.96 Å². The molecule has 7 nitrogen and oxygen atoms in total. The lowest BCUT2D eigenvalue weighted by Gasteiger charge is -2.24. The largest absolute Gasteiger partial charge is 0.361 e. The van der Waals surface area contributed by atoms with Crippen LogP contribution in [0.1, 0.15) is 60.9 Å². The number of aryl methyl sites for hydroxylation is 3. The molecule has 144 valence electrons. The van der Waals surface area contributed by atoms with Crippen molar-refractivity contribution in [1.82, 2.24) is 25.2 Å². The van der Waals surface area contributed by atoms with Crippen LogP contribution in [0.25, 0.3) is 0 Å². The average Bonchev–Trinajstić information content (AvgIpc) is 3.10. The van der Waals surface area contributed by atoms with Crippen LogP contribution in [0.4, 0.5) is 0 Å². The molecule has 0 saturated heterocycles. The monoisotopic (exact) mass is 360 g/mol. The number of aliphatic imine (C=N–C) groups is 1. The van der Waals surface area contributed by atoms with E-state index in [0.717, 1.165) is 36.2 Å². The molecule has 0 saturated carbocycles. The van der Waals surface area contributed by atoms with Gasteiger partial charge in [-0.1, -0.05) is 25.9 Å². The van der Waals surface area contributed by atoms with E-state index in [1.807, 2.05) is 39.7 Å². The Morgan fingerprint density at radius 3 is 2.58 bits per heavy atom. The van der Waals surface area contributed by atoms with Crippen molar-refractivity contribution in [2.24, 2.45) is 12.0 Å². The molecule has 0 aromatic carbocycles. The summed E-state index contributed by atoms with van der Waals surface area (Å²) in [6.07, 6.45) is 2.09. The molecular weight excluding hydrogens is 328 g/mol. The summed E-state index contributed by atoms with van der Waals surface area (Å²) in [5, 5.41) is 12.1. The predicted octanol–water partition coefficient (Wildman–Crippen LogP) is 2.96. The van der Waals surface area contributed by atoms with E-state index in [0.29, 0.717) is 5.92 Å². The maximum Gasteiger partial charge on any atom is 0.193 e. The third-order valence-corrected chi connectivity index (χ3v) is 4.61. The predicted molar refractivity (Wildman–Crippen MR) is 105 cm³/mol. The first kappa shape index (κ1) is 20.0. The molecule has 0 bridgehead atoms. The van der Waals surface area contributed by atoms with Gasteiger partial charge in [0.1, 0.15) is 5.76 Å². The first-order chi connectivity index (χ1) is 12.2. The Morgan fingerprint density at radius 1 is 1.35 bits per heavy atom. The molecule has 2 aromatic rings. The van der Waals surface area contributed by atoms with Crippen LogP contribution in [0.5, 0.6) is 0 Å². The van der Waals surface area contributed by atoms with Crippen molar-refractivity contribution in [3.05, 3.63) is 34.5 Å². The highest BCUT2D eigenvalue weighted by molar-refractivity contribution is 5.79. The van der Waals surface area contributed by atoms with Crippen LogP contribution in [-0.4, -0.2) is 46.4 Å². The van der Waals surface area contributed by atoms with E-state index in [2.05, 4.69) is 52.4 Å². The third kappa shape index (κ3) is 4.45. The quantitative estimate of drug-likeness (QED) is 0.633. The molecule has 26 heavy (non-hydrogen) atoms. The minimum Gasteiger partial charge on any atom is -0.361 e. The van der Waals surface area contributed by atoms with Crippen molar-refractivity contribution >= 4 is 5.96 Å². The van der Waals surface area contributed by atoms with Crippen LogP contribution in [0.2, 0.25) is 0 Å². The molecular formula is C19H32N6O. The SMILES string of the molecule is CN=C(NCC(C)c1c(C)noc1C)N(C)Cc1cn(C)nc1C(C)C. The van der Waals surface area contributed by atoms with E-state index >= 15 is 0 Å². The van der Waals surface area contributed by atoms with Crippen molar-refractivity contribution in [1.29, 1.82) is 0 Å². The van der Waals surface area contributed by atoms with E-state index in [1.54, 1.807) is 0 Å². The van der Waals surface area contributed by atoms with E-state index in [-0.39, 0.29) is 5.92 Å². The summed E-state index contributed by atoms with van der Waals surface area (Å²) in [6.45, 7) is 12.0. The normalized spacial score (nSPS) is 13.3. The highest BCUT2D eigenvalue weighted by atomic mass is 16.5. The van der Waals surface area contributed by atoms with Crippen LogP contribution >= 0.6 is 0 Å². The lowest BCUT2D eigenvalue weighted by molar-refractivity contribution is 0.391. The highest BCUT2D eigenvalue weighted by Crippen LogP contribution is 2.22. The molecule has 2 rings (SSSR count). The van der Waals surface area contributed by atoms with Gasteiger partial charge in [-0.2, -0.15) is 5.10 Å². The fourth-order valence-electron chi connectivity index (χ4n) is 3.42. The average molecular weight is 361 g/mol. The molecule has 0 spiro atoms. The van der Waals surface area contributed by atoms with Crippen LogP contribution in [0.3, 0.4) is 0 Å². The maximum atomic E-state index is 5.29. The van der Waals surface area contributed by atoms with Gasteiger partial charge in [-0.15, -0.1) is 0 Å². The van der Waals surface area contributed by atoms with Crippen LogP contribution in [0, 0.1) is 13.8 Å². The van der Waals surface area contributed by atoms with Crippen molar-refractivity contribution in [3.63, 3.8) is 0 Å². The summed E-state index contributed by atoms with van der Waals surface area (Å²) >= 11 is 0. The van der Waals surface area contributed by atoms with Gasteiger partial charge in [-0.05, 0) is 19.8 Å². The van der Waals surface area contributed by atoms with Gasteiger partial charge in [-0.25, -0.2) is 0 Å². The molecule has 2 aromatic heterocycles. The molecule has 0 aliphatic heterocycles. The number of guanidine groups is 1. The lowest BCUT2D eigenvalue weighted by atomic mass is 10.00. The van der Waals surface area contributed by atoms with Gasteiger partial charge in [0.05, 0.1) is 11.4 Å². The maximum absolute atomic E-state index is 5.29. The van der Waals surface area contributed by atoms with Crippen molar-refractivity contribution < 1.29 is 4.52 Å². The van der Waals surface area contributed by atoms with Crippen LogP contribution in [-0.2, 0) is 13.6 Å². The molecule has 0 radical (unpaired) electrons. The molecule has 1 unspecified atom stereocenters. The first-order valence-corrected chi connectivity index (χ1v) is 9.11. The van der Waals surface area contributed by atoms with E-state index < -0.39 is 0 Å². The van der Waals surface area contributed by atoms with Crippen molar-refractivity contribution in [3.8, 4) is 0 Å². The summed E-state index contributed by atoms with van der Waals surface area (Å²) in [5.74, 6) is 2.43. The van der Waals surface area contributed by atoms with E-state index in [9.17, 15) is 0 Å². The van der Waals surface area contributed by atoms with Crippen LogP contribution in [0.15, 0.2) is 15.7 Å². The Balaban J connectivity index is 2.02. The second kappa shape index (κ2) is 8.38. The zero-order valence-electron chi connectivity index (χ0n) is 17.3. The molecule has 0 aliphatic carbocycles. The molecule has 7 heteroatoms. The van der Waals surface area contributed by atoms with Crippen molar-refractivity contribution in [2.75, 3.05) is 20.6 Å². The number of rotatable bonds is 6. The number of hydrogen-bond donors (Lipinski definition) is 1. The minimum atomic E-state index is 0.288. The molecule has 1 N–H and O–H groups in total. The number of nitrogens with zero attached hydrogens (tertiary/aromatic N) is 5. The molecule has 2 heterocycles. The lowest BCUT2D eigenvalue weighted by Crippen LogP contribution is -2.40. The summed E-state index contributed by atoms with van der Waals surface area (Å²) < 4.78 is 7.17. The van der Waals surface area contributed by atoms with E-state index in [4.69, 9.17) is 4.52 Å². The Bertz CT molecular complexity index is 739. The third-order valence-electron chi connectivity index (χ3n) is 4.61. The van der Waals surface area contributed by atoms with Gasteiger partial charge in [0, 0.05) is 57.5 Å². The standard InChI is InChI=1S/C19H32N6O/c1-12(2)18-16(11-25(8)22-18)10-24(7)19(20-6)21-9-13(3)17-14(4)23-26-15(17)5/h11-13H,9-10H2,1-8H3,(H,20,21). The Labute approximate surface area is 156 Å². The van der Waals surface area contributed by atoms with Gasteiger partial charge in [0.25, 0.3) is 0 Å². The Morgan fingerprint density at radius 2 is 2.04 bits per heavy atom. The zero-order valence-corrected chi connectivity index (χ0v) is 17.3. The summed E-state index contributed by atoms with van der Waals surface area (Å²) in [6, 6.07) is 0. The summed E-state index contributed by atoms with van der Waals surface area (Å²) in [5.41, 5.74) is 4.49.